The van der Waals surface area contributed by atoms with Gasteiger partial charge in [0.15, 0.2) is 0 Å². The number of rotatable bonds is 8. The van der Waals surface area contributed by atoms with Crippen LogP contribution < -0.4 is 10.6 Å². The molecule has 22 heavy (non-hydrogen) atoms. The molecule has 0 fully saturated rings. The van der Waals surface area contributed by atoms with Gasteiger partial charge in [0.1, 0.15) is 0 Å². The van der Waals surface area contributed by atoms with Gasteiger partial charge in [-0.05, 0) is 23.6 Å². The number of hydrogen-bond acceptors (Lipinski definition) is 3. The van der Waals surface area contributed by atoms with E-state index in [-0.39, 0.29) is 18.5 Å². The summed E-state index contributed by atoms with van der Waals surface area (Å²) in [5, 5.41) is 15.4. The molecule has 2 unspecified atom stereocenters. The zero-order valence-corrected chi connectivity index (χ0v) is 14.3. The van der Waals surface area contributed by atoms with Gasteiger partial charge in [0.25, 0.3) is 0 Å². The van der Waals surface area contributed by atoms with E-state index in [1.54, 1.807) is 18.4 Å². The van der Waals surface area contributed by atoms with Gasteiger partial charge in [-0.15, -0.1) is 0 Å². The number of urea groups is 1. The van der Waals surface area contributed by atoms with Crippen molar-refractivity contribution in [2.75, 3.05) is 12.8 Å². The van der Waals surface area contributed by atoms with Crippen molar-refractivity contribution in [3.05, 3.63) is 29.8 Å². The van der Waals surface area contributed by atoms with Crippen LogP contribution in [0.4, 0.5) is 4.79 Å². The molecule has 3 N–H and O–H groups in total. The van der Waals surface area contributed by atoms with Gasteiger partial charge in [0.2, 0.25) is 0 Å². The summed E-state index contributed by atoms with van der Waals surface area (Å²) in [5.41, 5.74) is 0.935. The number of benzene rings is 1. The number of hydrogen-bond donors (Lipinski definition) is 3. The van der Waals surface area contributed by atoms with Crippen molar-refractivity contribution in [2.45, 2.75) is 44.2 Å². The summed E-state index contributed by atoms with van der Waals surface area (Å²) in [7, 11) is -0.992. The monoisotopic (exact) mass is 326 g/mol. The van der Waals surface area contributed by atoms with Crippen molar-refractivity contribution in [2.24, 2.45) is 5.92 Å². The molecule has 1 aromatic rings. The van der Waals surface area contributed by atoms with Crippen LogP contribution in [0.3, 0.4) is 0 Å². The van der Waals surface area contributed by atoms with Crippen LogP contribution in [0, 0.1) is 5.92 Å². The molecule has 0 saturated heterocycles. The molecule has 0 heterocycles. The van der Waals surface area contributed by atoms with Crippen LogP contribution in [-0.4, -0.2) is 34.3 Å². The molecule has 6 heteroatoms. The summed E-state index contributed by atoms with van der Waals surface area (Å²) in [4.78, 5) is 12.5. The first-order valence-corrected chi connectivity index (χ1v) is 9.15. The molecule has 0 aromatic heterocycles. The molecule has 124 valence electrons. The Hall–Kier alpha value is -1.40. The minimum Gasteiger partial charge on any atom is -0.391 e. The van der Waals surface area contributed by atoms with E-state index in [9.17, 15) is 14.1 Å². The molecule has 0 aliphatic heterocycles. The molecule has 0 aliphatic rings. The van der Waals surface area contributed by atoms with Gasteiger partial charge < -0.3 is 15.7 Å². The van der Waals surface area contributed by atoms with E-state index in [4.69, 9.17) is 0 Å². The van der Waals surface area contributed by atoms with Crippen LogP contribution in [0.2, 0.25) is 0 Å². The van der Waals surface area contributed by atoms with Crippen molar-refractivity contribution < 1.29 is 14.1 Å². The highest BCUT2D eigenvalue weighted by Gasteiger charge is 2.15. The molecular formula is C16H26N2O3S. The van der Waals surface area contributed by atoms with Gasteiger partial charge in [-0.3, -0.25) is 4.21 Å². The molecule has 1 aromatic carbocycles. The highest BCUT2D eigenvalue weighted by Crippen LogP contribution is 2.12. The fraction of sp³-hybridized carbons (Fsp3) is 0.562. The summed E-state index contributed by atoms with van der Waals surface area (Å²) >= 11 is 0. The summed E-state index contributed by atoms with van der Waals surface area (Å²) < 4.78 is 11.3. The molecule has 5 nitrogen and oxygen atoms in total. The Morgan fingerprint density at radius 2 is 1.77 bits per heavy atom. The first-order valence-electron chi connectivity index (χ1n) is 7.60. The highest BCUT2D eigenvalue weighted by atomic mass is 32.2. The average Bonchev–Trinajstić information content (AvgIpc) is 2.52. The van der Waals surface area contributed by atoms with Crippen molar-refractivity contribution in [1.29, 1.82) is 0 Å². The normalized spacial score (nSPS) is 13.7. The quantitative estimate of drug-likeness (QED) is 0.684. The van der Waals surface area contributed by atoms with Crippen LogP contribution in [0.15, 0.2) is 29.2 Å². The van der Waals surface area contributed by atoms with Crippen molar-refractivity contribution in [1.82, 2.24) is 10.6 Å². The Kier molecular flexibility index (Phi) is 8.12. The highest BCUT2D eigenvalue weighted by molar-refractivity contribution is 7.84. The largest absolute Gasteiger partial charge is 0.391 e. The van der Waals surface area contributed by atoms with E-state index >= 15 is 0 Å². The third-order valence-electron chi connectivity index (χ3n) is 3.77. The SMILES string of the molecule is CCC(CC)C(O)CNC(=O)NCc1ccc(S(C)=O)cc1. The lowest BCUT2D eigenvalue weighted by atomic mass is 9.97. The summed E-state index contributed by atoms with van der Waals surface area (Å²) in [6.07, 6.45) is 2.91. The molecular weight excluding hydrogens is 300 g/mol. The maximum Gasteiger partial charge on any atom is 0.315 e. The van der Waals surface area contributed by atoms with Gasteiger partial charge >= 0.3 is 6.03 Å². The van der Waals surface area contributed by atoms with Crippen LogP contribution in [-0.2, 0) is 17.3 Å². The molecule has 2 atom stereocenters. The second-order valence-corrected chi connectivity index (χ2v) is 6.69. The molecule has 0 spiro atoms. The minimum absolute atomic E-state index is 0.211. The van der Waals surface area contributed by atoms with Crippen molar-refractivity contribution >= 4 is 16.8 Å². The lowest BCUT2D eigenvalue weighted by Crippen LogP contribution is -2.41. The standard InChI is InChI=1S/C16H26N2O3S/c1-4-13(5-2)15(19)11-18-16(20)17-10-12-6-8-14(9-7-12)22(3)21/h6-9,13,15,19H,4-5,10-11H2,1-3H3,(H2,17,18,20). The lowest BCUT2D eigenvalue weighted by molar-refractivity contribution is 0.103. The molecule has 0 radical (unpaired) electrons. The second-order valence-electron chi connectivity index (χ2n) is 5.31. The Labute approximate surface area is 135 Å². The Bertz CT molecular complexity index is 487. The Morgan fingerprint density at radius 3 is 2.27 bits per heavy atom. The average molecular weight is 326 g/mol. The van der Waals surface area contributed by atoms with Gasteiger partial charge in [0.05, 0.1) is 6.10 Å². The zero-order chi connectivity index (χ0) is 16.5. The smallest absolute Gasteiger partial charge is 0.315 e. The number of carbonyl (C=O) groups excluding carboxylic acids is 1. The van der Waals surface area contributed by atoms with Crippen LogP contribution >= 0.6 is 0 Å². The first-order chi connectivity index (χ1) is 10.5. The fourth-order valence-electron chi connectivity index (χ4n) is 2.24. The number of aliphatic hydroxyl groups is 1. The van der Waals surface area contributed by atoms with Crippen LogP contribution in [0.1, 0.15) is 32.3 Å². The van der Waals surface area contributed by atoms with E-state index in [0.29, 0.717) is 6.54 Å². The third kappa shape index (κ3) is 6.15. The minimum atomic E-state index is -0.992. The van der Waals surface area contributed by atoms with E-state index < -0.39 is 16.9 Å². The molecule has 0 bridgehead atoms. The predicted molar refractivity (Wildman–Crippen MR) is 89.1 cm³/mol. The van der Waals surface area contributed by atoms with E-state index in [1.165, 1.54) is 0 Å². The maximum atomic E-state index is 11.7. The van der Waals surface area contributed by atoms with Crippen LogP contribution in [0.25, 0.3) is 0 Å². The first kappa shape index (κ1) is 18.6. The maximum absolute atomic E-state index is 11.7. The fourth-order valence-corrected chi connectivity index (χ4v) is 2.76. The van der Waals surface area contributed by atoms with E-state index in [2.05, 4.69) is 10.6 Å². The molecule has 0 aliphatic carbocycles. The van der Waals surface area contributed by atoms with Gasteiger partial charge in [-0.1, -0.05) is 38.8 Å². The van der Waals surface area contributed by atoms with E-state index in [1.807, 2.05) is 26.0 Å². The molecule has 1 rings (SSSR count). The number of nitrogens with one attached hydrogen (secondary N) is 2. The topological polar surface area (TPSA) is 78.4 Å². The van der Waals surface area contributed by atoms with E-state index in [0.717, 1.165) is 23.3 Å². The molecule has 2 amide bonds. The lowest BCUT2D eigenvalue weighted by Gasteiger charge is -2.20. The van der Waals surface area contributed by atoms with Crippen LogP contribution in [0.5, 0.6) is 0 Å². The zero-order valence-electron chi connectivity index (χ0n) is 13.5. The van der Waals surface area contributed by atoms with Gasteiger partial charge in [0, 0.05) is 35.0 Å². The second kappa shape index (κ2) is 9.58. The number of carbonyl (C=O) groups is 1. The summed E-state index contributed by atoms with van der Waals surface area (Å²) in [6, 6.07) is 6.98. The third-order valence-corrected chi connectivity index (χ3v) is 4.71. The summed E-state index contributed by atoms with van der Waals surface area (Å²) in [5.74, 6) is 0.211. The molecule has 0 saturated carbocycles. The summed E-state index contributed by atoms with van der Waals surface area (Å²) in [6.45, 7) is 4.71. The Balaban J connectivity index is 2.35. The van der Waals surface area contributed by atoms with Gasteiger partial charge in [-0.2, -0.15) is 0 Å². The van der Waals surface area contributed by atoms with Gasteiger partial charge in [-0.25, -0.2) is 4.79 Å². The Morgan fingerprint density at radius 1 is 1.18 bits per heavy atom. The van der Waals surface area contributed by atoms with Crippen molar-refractivity contribution in [3.63, 3.8) is 0 Å². The predicted octanol–water partition coefficient (Wildman–Crippen LogP) is 2.02. The number of amides is 2. The van der Waals surface area contributed by atoms with Crippen molar-refractivity contribution in [3.8, 4) is 0 Å². The number of aliphatic hydroxyl groups excluding tert-OH is 1.